The molecule has 7 nitrogen and oxygen atoms in total. The minimum absolute atomic E-state index is 0.0886. The normalized spacial score (nSPS) is 11.8. The maximum absolute atomic E-state index is 11.3. The van der Waals surface area contributed by atoms with E-state index in [4.69, 9.17) is 5.73 Å². The molecule has 0 fully saturated rings. The maximum Gasteiger partial charge on any atom is 0.310 e. The van der Waals surface area contributed by atoms with E-state index in [1.807, 2.05) is 0 Å². The highest BCUT2D eigenvalue weighted by atomic mass is 16.6. The first-order chi connectivity index (χ1) is 7.67. The molecule has 0 bridgehead atoms. The number of hydrogen-bond acceptors (Lipinski definition) is 4. The molecule has 0 aliphatic heterocycles. The molecule has 1 heterocycles. The molecule has 17 heavy (non-hydrogen) atoms. The van der Waals surface area contributed by atoms with Gasteiger partial charge in [0.05, 0.1) is 4.92 Å². The summed E-state index contributed by atoms with van der Waals surface area (Å²) >= 11 is 0. The molecule has 0 unspecified atom stereocenters. The van der Waals surface area contributed by atoms with E-state index in [9.17, 15) is 14.9 Å². The second-order valence-electron chi connectivity index (χ2n) is 4.68. The predicted octanol–water partition coefficient (Wildman–Crippen LogP) is 1.14. The minimum Gasteiger partial charge on any atom is -0.368 e. The van der Waals surface area contributed by atoms with Crippen molar-refractivity contribution in [3.63, 3.8) is 0 Å². The van der Waals surface area contributed by atoms with Gasteiger partial charge in [-0.1, -0.05) is 13.8 Å². The predicted molar refractivity (Wildman–Crippen MR) is 61.5 cm³/mol. The number of nitrogens with zero attached hydrogens (tertiary/aromatic N) is 3. The van der Waals surface area contributed by atoms with Crippen LogP contribution in [0, 0.1) is 10.1 Å². The van der Waals surface area contributed by atoms with Crippen molar-refractivity contribution >= 4 is 11.6 Å². The lowest BCUT2D eigenvalue weighted by Crippen LogP contribution is -2.41. The van der Waals surface area contributed by atoms with Crippen LogP contribution >= 0.6 is 0 Å². The number of primary amides is 1. The molecule has 0 aliphatic rings. The van der Waals surface area contributed by atoms with Crippen molar-refractivity contribution in [2.75, 3.05) is 0 Å². The molecule has 94 valence electrons. The van der Waals surface area contributed by atoms with E-state index in [1.165, 1.54) is 10.9 Å². The van der Waals surface area contributed by atoms with Gasteiger partial charge in [0.25, 0.3) is 0 Å². The Hall–Kier alpha value is -1.92. The minimum atomic E-state index is -1.09. The third-order valence-electron chi connectivity index (χ3n) is 2.64. The lowest BCUT2D eigenvalue weighted by atomic mass is 10.1. The Morgan fingerprint density at radius 3 is 2.41 bits per heavy atom. The topological polar surface area (TPSA) is 104 Å². The zero-order valence-corrected chi connectivity index (χ0v) is 10.3. The van der Waals surface area contributed by atoms with Gasteiger partial charge in [-0.2, -0.15) is 5.10 Å². The van der Waals surface area contributed by atoms with Crippen LogP contribution < -0.4 is 5.73 Å². The largest absolute Gasteiger partial charge is 0.368 e. The average Bonchev–Trinajstić information content (AvgIpc) is 2.61. The van der Waals surface area contributed by atoms with E-state index in [-0.39, 0.29) is 11.6 Å². The quantitative estimate of drug-likeness (QED) is 0.629. The SMILES string of the molecule is CC(C)c1nn(C(C)(C)C(N)=O)cc1[N+](=O)[O-]. The standard InChI is InChI=1S/C10H16N4O3/c1-6(2)8-7(14(16)17)5-13(12-8)10(3,4)9(11)15/h5-6H,1-4H3,(H2,11,15). The van der Waals surface area contributed by atoms with Gasteiger partial charge in [0.15, 0.2) is 0 Å². The van der Waals surface area contributed by atoms with Gasteiger partial charge in [-0.15, -0.1) is 0 Å². The van der Waals surface area contributed by atoms with Gasteiger partial charge in [-0.25, -0.2) is 0 Å². The maximum atomic E-state index is 11.3. The Morgan fingerprint density at radius 2 is 2.12 bits per heavy atom. The Balaban J connectivity index is 3.35. The van der Waals surface area contributed by atoms with Crippen LogP contribution in [-0.2, 0) is 10.3 Å². The summed E-state index contributed by atoms with van der Waals surface area (Å²) in [6.07, 6.45) is 1.25. The average molecular weight is 240 g/mol. The third kappa shape index (κ3) is 2.27. The van der Waals surface area contributed by atoms with Crippen molar-refractivity contribution in [1.82, 2.24) is 9.78 Å². The first-order valence-electron chi connectivity index (χ1n) is 5.22. The van der Waals surface area contributed by atoms with Crippen LogP contribution in [0.4, 0.5) is 5.69 Å². The van der Waals surface area contributed by atoms with Crippen molar-refractivity contribution in [2.45, 2.75) is 39.2 Å². The van der Waals surface area contributed by atoms with Crippen LogP contribution in [0.25, 0.3) is 0 Å². The van der Waals surface area contributed by atoms with Gasteiger partial charge >= 0.3 is 5.69 Å². The molecule has 0 radical (unpaired) electrons. The van der Waals surface area contributed by atoms with Gasteiger partial charge < -0.3 is 5.73 Å². The molecule has 1 aromatic rings. The fourth-order valence-electron chi connectivity index (χ4n) is 1.33. The smallest absolute Gasteiger partial charge is 0.310 e. The summed E-state index contributed by atoms with van der Waals surface area (Å²) < 4.78 is 1.25. The number of hydrogen-bond donors (Lipinski definition) is 1. The van der Waals surface area contributed by atoms with E-state index < -0.39 is 16.4 Å². The van der Waals surface area contributed by atoms with Gasteiger partial charge in [-0.3, -0.25) is 19.6 Å². The zero-order chi connectivity index (χ0) is 13.4. The molecule has 7 heteroatoms. The lowest BCUT2D eigenvalue weighted by molar-refractivity contribution is -0.385. The fourth-order valence-corrected chi connectivity index (χ4v) is 1.33. The molecular formula is C10H16N4O3. The molecule has 0 saturated heterocycles. The Morgan fingerprint density at radius 1 is 1.59 bits per heavy atom. The zero-order valence-electron chi connectivity index (χ0n) is 10.3. The van der Waals surface area contributed by atoms with Crippen LogP contribution in [0.1, 0.15) is 39.3 Å². The van der Waals surface area contributed by atoms with Crippen LogP contribution in [0.2, 0.25) is 0 Å². The number of aromatic nitrogens is 2. The summed E-state index contributed by atoms with van der Waals surface area (Å²) in [4.78, 5) is 21.6. The molecule has 0 aliphatic carbocycles. The number of nitrogens with two attached hydrogens (primary N) is 1. The van der Waals surface area contributed by atoms with Crippen molar-refractivity contribution in [1.29, 1.82) is 0 Å². The number of nitro groups is 1. The Bertz CT molecular complexity index is 462. The highest BCUT2D eigenvalue weighted by Crippen LogP contribution is 2.27. The monoisotopic (exact) mass is 240 g/mol. The molecule has 1 aromatic heterocycles. The van der Waals surface area contributed by atoms with Gasteiger partial charge in [0.2, 0.25) is 5.91 Å². The van der Waals surface area contributed by atoms with Crippen LogP contribution in [-0.4, -0.2) is 20.6 Å². The van der Waals surface area contributed by atoms with Crippen LogP contribution in [0.5, 0.6) is 0 Å². The number of carbonyl (C=O) groups is 1. The van der Waals surface area contributed by atoms with Crippen molar-refractivity contribution in [3.05, 3.63) is 22.0 Å². The van der Waals surface area contributed by atoms with Crippen molar-refractivity contribution in [2.24, 2.45) is 5.73 Å². The Kier molecular flexibility index (Phi) is 3.21. The van der Waals surface area contributed by atoms with E-state index in [1.54, 1.807) is 27.7 Å². The molecule has 0 spiro atoms. The van der Waals surface area contributed by atoms with E-state index in [0.717, 1.165) is 0 Å². The molecule has 0 aromatic carbocycles. The fraction of sp³-hybridized carbons (Fsp3) is 0.600. The molecule has 1 amide bonds. The summed E-state index contributed by atoms with van der Waals surface area (Å²) in [5, 5.41) is 15.0. The second kappa shape index (κ2) is 4.15. The summed E-state index contributed by atoms with van der Waals surface area (Å²) in [6, 6.07) is 0. The Labute approximate surface area is 98.7 Å². The second-order valence-corrected chi connectivity index (χ2v) is 4.68. The van der Waals surface area contributed by atoms with E-state index in [0.29, 0.717) is 5.69 Å². The van der Waals surface area contributed by atoms with E-state index in [2.05, 4.69) is 5.10 Å². The number of carbonyl (C=O) groups excluding carboxylic acids is 1. The third-order valence-corrected chi connectivity index (χ3v) is 2.64. The first-order valence-corrected chi connectivity index (χ1v) is 5.22. The van der Waals surface area contributed by atoms with Gasteiger partial charge in [0.1, 0.15) is 17.4 Å². The van der Waals surface area contributed by atoms with Crippen molar-refractivity contribution in [3.8, 4) is 0 Å². The van der Waals surface area contributed by atoms with Crippen molar-refractivity contribution < 1.29 is 9.72 Å². The molecule has 1 rings (SSSR count). The van der Waals surface area contributed by atoms with Gasteiger partial charge in [-0.05, 0) is 13.8 Å². The summed E-state index contributed by atoms with van der Waals surface area (Å²) in [7, 11) is 0. The number of rotatable bonds is 4. The first kappa shape index (κ1) is 13.1. The highest BCUT2D eigenvalue weighted by molar-refractivity contribution is 5.81. The molecule has 0 atom stereocenters. The van der Waals surface area contributed by atoms with E-state index >= 15 is 0 Å². The van der Waals surface area contributed by atoms with Crippen LogP contribution in [0.3, 0.4) is 0 Å². The molecular weight excluding hydrogens is 224 g/mol. The summed E-state index contributed by atoms with van der Waals surface area (Å²) in [6.45, 7) is 6.74. The highest BCUT2D eigenvalue weighted by Gasteiger charge is 2.32. The van der Waals surface area contributed by atoms with Gasteiger partial charge in [0, 0.05) is 5.92 Å². The molecule has 2 N–H and O–H groups in total. The lowest BCUT2D eigenvalue weighted by Gasteiger charge is -2.20. The summed E-state index contributed by atoms with van der Waals surface area (Å²) in [5.74, 6) is -0.689. The molecule has 0 saturated carbocycles. The summed E-state index contributed by atoms with van der Waals surface area (Å²) in [5.41, 5.74) is 4.42. The van der Waals surface area contributed by atoms with Crippen LogP contribution in [0.15, 0.2) is 6.20 Å². The number of amides is 1.